The van der Waals surface area contributed by atoms with Crippen LogP contribution in [0.4, 0.5) is 10.1 Å². The largest absolute Gasteiger partial charge is 0.486 e. The van der Waals surface area contributed by atoms with Crippen molar-refractivity contribution in [2.24, 2.45) is 11.1 Å². The number of nitrogens with zero attached hydrogens (tertiary/aromatic N) is 1. The third-order valence-corrected chi connectivity index (χ3v) is 4.39. The number of nitrogens with two attached hydrogens (primary N) is 1. The minimum Gasteiger partial charge on any atom is -0.486 e. The fourth-order valence-electron chi connectivity index (χ4n) is 2.39. The average molecular weight is 318 g/mol. The van der Waals surface area contributed by atoms with E-state index in [-0.39, 0.29) is 18.3 Å². The number of rotatable bonds is 5. The number of benzene rings is 1. The topological polar surface area (TPSA) is 113 Å². The summed E-state index contributed by atoms with van der Waals surface area (Å²) >= 11 is 0. The molecule has 9 heteroatoms. The molecule has 0 aromatic heterocycles. The van der Waals surface area contributed by atoms with E-state index >= 15 is 0 Å². The molecule has 1 aliphatic carbocycles. The molecule has 1 aliphatic rings. The van der Waals surface area contributed by atoms with Crippen molar-refractivity contribution in [3.8, 4) is 5.75 Å². The number of ether oxygens (including phenoxy) is 1. The predicted molar refractivity (Wildman–Crippen MR) is 71.9 cm³/mol. The van der Waals surface area contributed by atoms with E-state index in [1.165, 1.54) is 0 Å². The number of halogens is 1. The Morgan fingerprint density at radius 2 is 2.00 bits per heavy atom. The van der Waals surface area contributed by atoms with E-state index in [0.29, 0.717) is 12.1 Å². The summed E-state index contributed by atoms with van der Waals surface area (Å²) in [5.74, 6) is -1.16. The van der Waals surface area contributed by atoms with Crippen molar-refractivity contribution in [3.05, 3.63) is 28.1 Å². The fourth-order valence-corrected chi connectivity index (χ4v) is 2.99. The van der Waals surface area contributed by atoms with Crippen LogP contribution >= 0.6 is 0 Å². The molecule has 0 aliphatic heterocycles. The molecule has 1 aromatic rings. The summed E-state index contributed by atoms with van der Waals surface area (Å²) in [5.41, 5.74) is -0.613. The highest BCUT2D eigenvalue weighted by atomic mass is 32.2. The monoisotopic (exact) mass is 318 g/mol. The molecule has 0 amide bonds. The van der Waals surface area contributed by atoms with Crippen LogP contribution in [-0.2, 0) is 10.0 Å². The normalized spacial score (nSPS) is 16.1. The Morgan fingerprint density at radius 3 is 2.52 bits per heavy atom. The summed E-state index contributed by atoms with van der Waals surface area (Å²) in [6.45, 7) is 0.245. The van der Waals surface area contributed by atoms with E-state index in [9.17, 15) is 22.9 Å². The van der Waals surface area contributed by atoms with Gasteiger partial charge in [-0.2, -0.15) is 0 Å². The van der Waals surface area contributed by atoms with E-state index in [1.54, 1.807) is 0 Å². The third kappa shape index (κ3) is 3.67. The number of primary sulfonamides is 1. The molecule has 2 N–H and O–H groups in total. The van der Waals surface area contributed by atoms with Crippen LogP contribution in [0.2, 0.25) is 0 Å². The van der Waals surface area contributed by atoms with E-state index < -0.39 is 31.3 Å². The molecule has 2 rings (SSSR count). The maximum atomic E-state index is 13.7. The molecule has 1 fully saturated rings. The van der Waals surface area contributed by atoms with Crippen LogP contribution in [0.3, 0.4) is 0 Å². The lowest BCUT2D eigenvalue weighted by atomic mass is 10.1. The second-order valence-corrected chi connectivity index (χ2v) is 6.54. The van der Waals surface area contributed by atoms with Gasteiger partial charge in [0.1, 0.15) is 10.7 Å². The standard InChI is InChI=1S/C12H15FN2O5S/c13-9-5-11(20-7-8-3-1-2-4-8)10(15(16)17)6-12(9)21(14,18)19/h5-6,8H,1-4,7H2,(H2,14,18,19). The quantitative estimate of drug-likeness (QED) is 0.658. The van der Waals surface area contributed by atoms with Crippen LogP contribution in [0.15, 0.2) is 17.0 Å². The first-order valence-corrected chi connectivity index (χ1v) is 7.97. The van der Waals surface area contributed by atoms with Crippen molar-refractivity contribution in [1.29, 1.82) is 0 Å². The summed E-state index contributed by atoms with van der Waals surface area (Å²) in [7, 11) is -4.37. The predicted octanol–water partition coefficient (Wildman–Crippen LogP) is 1.95. The van der Waals surface area contributed by atoms with E-state index in [1.807, 2.05) is 0 Å². The van der Waals surface area contributed by atoms with Gasteiger partial charge < -0.3 is 4.74 Å². The fraction of sp³-hybridized carbons (Fsp3) is 0.500. The van der Waals surface area contributed by atoms with Crippen LogP contribution in [0.25, 0.3) is 0 Å². The van der Waals surface area contributed by atoms with Crippen LogP contribution in [-0.4, -0.2) is 19.9 Å². The highest BCUT2D eigenvalue weighted by Crippen LogP contribution is 2.33. The van der Waals surface area contributed by atoms with Gasteiger partial charge in [0.2, 0.25) is 10.0 Å². The van der Waals surface area contributed by atoms with Gasteiger partial charge in [0.25, 0.3) is 0 Å². The smallest absolute Gasteiger partial charge is 0.312 e. The van der Waals surface area contributed by atoms with E-state index in [2.05, 4.69) is 0 Å². The Hall–Kier alpha value is -1.74. The lowest BCUT2D eigenvalue weighted by Gasteiger charge is -2.12. The first-order valence-electron chi connectivity index (χ1n) is 6.42. The van der Waals surface area contributed by atoms with Crippen molar-refractivity contribution in [3.63, 3.8) is 0 Å². The number of nitro benzene ring substituents is 1. The van der Waals surface area contributed by atoms with Gasteiger partial charge in [-0.1, -0.05) is 12.8 Å². The summed E-state index contributed by atoms with van der Waals surface area (Å²) in [5, 5.41) is 15.8. The summed E-state index contributed by atoms with van der Waals surface area (Å²) < 4.78 is 41.4. The van der Waals surface area contributed by atoms with Crippen molar-refractivity contribution >= 4 is 15.7 Å². The van der Waals surface area contributed by atoms with E-state index in [0.717, 1.165) is 25.7 Å². The molecular formula is C12H15FN2O5S. The molecule has 1 saturated carbocycles. The molecule has 1 aromatic carbocycles. The van der Waals surface area contributed by atoms with Gasteiger partial charge in [-0.25, -0.2) is 17.9 Å². The Bertz CT molecular complexity index is 656. The Balaban J connectivity index is 2.31. The highest BCUT2D eigenvalue weighted by molar-refractivity contribution is 7.89. The lowest BCUT2D eigenvalue weighted by molar-refractivity contribution is -0.386. The van der Waals surface area contributed by atoms with Gasteiger partial charge in [0, 0.05) is 12.1 Å². The van der Waals surface area contributed by atoms with Crippen molar-refractivity contribution in [1.82, 2.24) is 0 Å². The minimum absolute atomic E-state index is 0.245. The minimum atomic E-state index is -4.37. The lowest BCUT2D eigenvalue weighted by Crippen LogP contribution is -2.15. The molecule has 0 bridgehead atoms. The Kier molecular flexibility index (Phi) is 4.43. The van der Waals surface area contributed by atoms with Crippen LogP contribution in [0, 0.1) is 21.8 Å². The van der Waals surface area contributed by atoms with Crippen molar-refractivity contribution in [2.45, 2.75) is 30.6 Å². The van der Waals surface area contributed by atoms with Gasteiger partial charge in [0.05, 0.1) is 11.5 Å². The molecule has 7 nitrogen and oxygen atoms in total. The average Bonchev–Trinajstić information content (AvgIpc) is 2.87. The molecule has 0 spiro atoms. The molecule has 0 atom stereocenters. The van der Waals surface area contributed by atoms with Crippen molar-refractivity contribution < 1.29 is 22.5 Å². The molecule has 0 saturated heterocycles. The molecule has 0 unspecified atom stereocenters. The molecular weight excluding hydrogens is 303 g/mol. The second-order valence-electron chi connectivity index (χ2n) is 5.01. The van der Waals surface area contributed by atoms with Crippen LogP contribution in [0.1, 0.15) is 25.7 Å². The molecule has 0 heterocycles. The van der Waals surface area contributed by atoms with Gasteiger partial charge >= 0.3 is 5.69 Å². The number of sulfonamides is 1. The third-order valence-electron chi connectivity index (χ3n) is 3.47. The van der Waals surface area contributed by atoms with Crippen LogP contribution in [0.5, 0.6) is 5.75 Å². The molecule has 116 valence electrons. The summed E-state index contributed by atoms with van der Waals surface area (Å²) in [4.78, 5) is 9.24. The van der Waals surface area contributed by atoms with Gasteiger partial charge in [0.15, 0.2) is 5.75 Å². The van der Waals surface area contributed by atoms with E-state index in [4.69, 9.17) is 9.88 Å². The highest BCUT2D eigenvalue weighted by Gasteiger charge is 2.26. The zero-order valence-corrected chi connectivity index (χ0v) is 11.9. The summed E-state index contributed by atoms with van der Waals surface area (Å²) in [6.07, 6.45) is 4.08. The zero-order chi connectivity index (χ0) is 15.6. The van der Waals surface area contributed by atoms with Gasteiger partial charge in [-0.05, 0) is 18.8 Å². The van der Waals surface area contributed by atoms with Gasteiger partial charge in [-0.3, -0.25) is 10.1 Å². The Morgan fingerprint density at radius 1 is 1.38 bits per heavy atom. The maximum absolute atomic E-state index is 13.7. The number of nitro groups is 1. The molecule has 0 radical (unpaired) electrons. The second kappa shape index (κ2) is 5.94. The van der Waals surface area contributed by atoms with Crippen molar-refractivity contribution in [2.75, 3.05) is 6.61 Å². The number of hydrogen-bond donors (Lipinski definition) is 1. The zero-order valence-electron chi connectivity index (χ0n) is 11.1. The summed E-state index contributed by atoms with van der Waals surface area (Å²) in [6, 6.07) is 1.29. The van der Waals surface area contributed by atoms with Gasteiger partial charge in [-0.15, -0.1) is 0 Å². The van der Waals surface area contributed by atoms with Crippen LogP contribution < -0.4 is 9.88 Å². The number of hydrogen-bond acceptors (Lipinski definition) is 5. The maximum Gasteiger partial charge on any atom is 0.312 e. The Labute approximate surface area is 121 Å². The first kappa shape index (κ1) is 15.6. The molecule has 21 heavy (non-hydrogen) atoms. The first-order chi connectivity index (χ1) is 9.79. The SMILES string of the molecule is NS(=O)(=O)c1cc([N+](=O)[O-])c(OCC2CCCC2)cc1F.